The number of hydrogen-bond acceptors (Lipinski definition) is 6. The van der Waals surface area contributed by atoms with E-state index in [4.69, 9.17) is 0 Å². The zero-order chi connectivity index (χ0) is 18.7. The van der Waals surface area contributed by atoms with Crippen LogP contribution in [-0.2, 0) is 6.42 Å². The molecule has 6 N–H and O–H groups in total. The Kier molecular flexibility index (Phi) is 5.38. The molecule has 1 aromatic carbocycles. The third-order valence-corrected chi connectivity index (χ3v) is 5.33. The van der Waals surface area contributed by atoms with Crippen LogP contribution < -0.4 is 16.6 Å². The molecule has 0 saturated carbocycles. The highest BCUT2D eigenvalue weighted by atomic mass is 16.3. The summed E-state index contributed by atoms with van der Waals surface area (Å²) < 4.78 is 0. The molecule has 8 heteroatoms. The van der Waals surface area contributed by atoms with E-state index in [-0.39, 0.29) is 25.4 Å². The second-order valence-corrected chi connectivity index (χ2v) is 6.76. The maximum atomic E-state index is 12.2. The molecule has 3 rings (SSSR count). The van der Waals surface area contributed by atoms with E-state index in [0.29, 0.717) is 6.42 Å². The predicted molar refractivity (Wildman–Crippen MR) is 94.7 cm³/mol. The minimum Gasteiger partial charge on any atom is -0.396 e. The van der Waals surface area contributed by atoms with Crippen LogP contribution in [0.25, 0.3) is 0 Å². The Morgan fingerprint density at radius 2 is 1.77 bits per heavy atom. The minimum absolute atomic E-state index is 0.255. The van der Waals surface area contributed by atoms with E-state index in [0.717, 1.165) is 5.56 Å². The van der Waals surface area contributed by atoms with Gasteiger partial charge in [-0.1, -0.05) is 30.3 Å². The molecule has 26 heavy (non-hydrogen) atoms. The molecule has 0 aliphatic carbocycles. The van der Waals surface area contributed by atoms with Crippen molar-refractivity contribution < 1.29 is 15.3 Å². The van der Waals surface area contributed by atoms with E-state index in [2.05, 4.69) is 15.3 Å². The molecule has 0 spiro atoms. The summed E-state index contributed by atoms with van der Waals surface area (Å²) in [6, 6.07) is 8.88. The van der Waals surface area contributed by atoms with Gasteiger partial charge in [0.05, 0.1) is 17.7 Å². The fourth-order valence-corrected chi connectivity index (χ4v) is 4.03. The fraction of sp³-hybridized carbons (Fsp3) is 0.444. The molecule has 4 atom stereocenters. The Bertz CT molecular complexity index is 850. The average molecular weight is 361 g/mol. The molecule has 1 aromatic heterocycles. The van der Waals surface area contributed by atoms with E-state index in [1.54, 1.807) is 0 Å². The number of aliphatic hydroxyl groups is 3. The molecule has 1 saturated heterocycles. The van der Waals surface area contributed by atoms with Gasteiger partial charge in [-0.3, -0.25) is 9.78 Å². The van der Waals surface area contributed by atoms with Crippen LogP contribution in [0.3, 0.4) is 0 Å². The molecular formula is C18H23N3O5. The van der Waals surface area contributed by atoms with Gasteiger partial charge in [0.15, 0.2) is 0 Å². The first-order chi connectivity index (χ1) is 12.5. The molecule has 0 radical (unpaired) electrons. The van der Waals surface area contributed by atoms with Crippen molar-refractivity contribution in [1.29, 1.82) is 0 Å². The van der Waals surface area contributed by atoms with Crippen LogP contribution in [0.4, 0.5) is 0 Å². The van der Waals surface area contributed by atoms with Crippen molar-refractivity contribution in [1.82, 2.24) is 15.3 Å². The Balaban J connectivity index is 2.03. The lowest BCUT2D eigenvalue weighted by atomic mass is 9.76. The summed E-state index contributed by atoms with van der Waals surface area (Å²) in [6.45, 7) is -0.817. The standard InChI is InChI=1S/C18H23N3O5/c22-8-13-14(9-23)18(10-24,6-11-4-2-1-3-5-11)21-15(13)12-7-19-17(26)20-16(12)25/h1-5,7,13-15,21-24H,6,8-10H2,(H2,19,20,25,26)/t13-,14-,15+,18-/m1/s1. The molecule has 1 fully saturated rings. The topological polar surface area (TPSA) is 138 Å². The summed E-state index contributed by atoms with van der Waals surface area (Å²) in [4.78, 5) is 28.1. The summed E-state index contributed by atoms with van der Waals surface area (Å²) in [7, 11) is 0. The first kappa shape index (κ1) is 18.5. The lowest BCUT2D eigenvalue weighted by molar-refractivity contribution is 0.0646. The zero-order valence-corrected chi connectivity index (χ0v) is 14.2. The summed E-state index contributed by atoms with van der Waals surface area (Å²) in [5, 5.41) is 33.3. The fourth-order valence-electron chi connectivity index (χ4n) is 4.03. The number of nitrogens with one attached hydrogen (secondary N) is 3. The molecule has 2 heterocycles. The maximum absolute atomic E-state index is 12.2. The van der Waals surface area contributed by atoms with Crippen molar-refractivity contribution in [3.05, 3.63) is 68.5 Å². The van der Waals surface area contributed by atoms with Crippen molar-refractivity contribution in [3.63, 3.8) is 0 Å². The van der Waals surface area contributed by atoms with Crippen molar-refractivity contribution >= 4 is 0 Å². The summed E-state index contributed by atoms with van der Waals surface area (Å²) >= 11 is 0. The minimum atomic E-state index is -0.906. The van der Waals surface area contributed by atoms with Crippen LogP contribution in [-0.4, -0.2) is 50.6 Å². The van der Waals surface area contributed by atoms with Gasteiger partial charge in [0, 0.05) is 37.3 Å². The van der Waals surface area contributed by atoms with Gasteiger partial charge in [-0.15, -0.1) is 0 Å². The van der Waals surface area contributed by atoms with Crippen LogP contribution in [0.15, 0.2) is 46.1 Å². The summed E-state index contributed by atoms with van der Waals surface area (Å²) in [5.74, 6) is -0.975. The lowest BCUT2D eigenvalue weighted by Crippen LogP contribution is -2.52. The number of H-pyrrole nitrogens is 2. The molecule has 0 bridgehead atoms. The Labute approximate surface area is 149 Å². The van der Waals surface area contributed by atoms with Crippen LogP contribution >= 0.6 is 0 Å². The predicted octanol–water partition coefficient (Wildman–Crippen LogP) is -1.10. The number of aromatic amines is 2. The van der Waals surface area contributed by atoms with Gasteiger partial charge in [-0.05, 0) is 12.0 Å². The van der Waals surface area contributed by atoms with Crippen LogP contribution in [0.1, 0.15) is 17.2 Å². The van der Waals surface area contributed by atoms with E-state index in [1.165, 1.54) is 6.20 Å². The van der Waals surface area contributed by atoms with Gasteiger partial charge < -0.3 is 25.6 Å². The van der Waals surface area contributed by atoms with Crippen molar-refractivity contribution in [2.75, 3.05) is 19.8 Å². The Morgan fingerprint density at radius 1 is 1.04 bits per heavy atom. The van der Waals surface area contributed by atoms with Crippen molar-refractivity contribution in [3.8, 4) is 0 Å². The summed E-state index contributed by atoms with van der Waals surface area (Å²) in [5.41, 5.74) is -0.870. The Hall–Kier alpha value is -2.26. The Morgan fingerprint density at radius 3 is 2.35 bits per heavy atom. The third-order valence-electron chi connectivity index (χ3n) is 5.33. The normalized spacial score (nSPS) is 28.3. The molecule has 1 aliphatic heterocycles. The quantitative estimate of drug-likeness (QED) is 0.386. The highest BCUT2D eigenvalue weighted by Gasteiger charge is 2.53. The molecule has 0 amide bonds. The van der Waals surface area contributed by atoms with Crippen LogP contribution in [0.5, 0.6) is 0 Å². The number of benzene rings is 1. The largest absolute Gasteiger partial charge is 0.396 e. The van der Waals surface area contributed by atoms with E-state index >= 15 is 0 Å². The van der Waals surface area contributed by atoms with Crippen LogP contribution in [0.2, 0.25) is 0 Å². The second kappa shape index (κ2) is 7.55. The van der Waals surface area contributed by atoms with Gasteiger partial charge >= 0.3 is 5.69 Å². The van der Waals surface area contributed by atoms with E-state index < -0.39 is 34.7 Å². The van der Waals surface area contributed by atoms with Gasteiger partial charge in [-0.2, -0.15) is 0 Å². The van der Waals surface area contributed by atoms with Gasteiger partial charge in [0.2, 0.25) is 0 Å². The molecule has 0 unspecified atom stereocenters. The van der Waals surface area contributed by atoms with Gasteiger partial charge in [-0.25, -0.2) is 4.79 Å². The molecule has 8 nitrogen and oxygen atoms in total. The number of aliphatic hydroxyl groups excluding tert-OH is 3. The van der Waals surface area contributed by atoms with Gasteiger partial charge in [0.1, 0.15) is 0 Å². The smallest absolute Gasteiger partial charge is 0.325 e. The van der Waals surface area contributed by atoms with Crippen molar-refractivity contribution in [2.45, 2.75) is 18.0 Å². The SMILES string of the molecule is O=c1[nH]cc([C@@H]2N[C@@](CO)(Cc3ccccc3)[C@H](CO)[C@H]2CO)c(=O)[nH]1. The number of aromatic nitrogens is 2. The maximum Gasteiger partial charge on any atom is 0.325 e. The molecule has 1 aliphatic rings. The summed E-state index contributed by atoms with van der Waals surface area (Å²) in [6.07, 6.45) is 1.73. The number of hydrogen-bond donors (Lipinski definition) is 6. The molecule has 140 valence electrons. The van der Waals surface area contributed by atoms with Gasteiger partial charge in [0.25, 0.3) is 5.56 Å². The number of rotatable bonds is 6. The van der Waals surface area contributed by atoms with E-state index in [1.807, 2.05) is 30.3 Å². The average Bonchev–Trinajstić information content (AvgIpc) is 2.96. The monoisotopic (exact) mass is 361 g/mol. The third kappa shape index (κ3) is 3.24. The lowest BCUT2D eigenvalue weighted by Gasteiger charge is -2.34. The first-order valence-electron chi connectivity index (χ1n) is 8.50. The highest BCUT2D eigenvalue weighted by Crippen LogP contribution is 2.43. The zero-order valence-electron chi connectivity index (χ0n) is 14.2. The molecule has 2 aromatic rings. The van der Waals surface area contributed by atoms with Crippen LogP contribution in [0, 0.1) is 11.8 Å². The first-order valence-corrected chi connectivity index (χ1v) is 8.50. The molecular weight excluding hydrogens is 338 g/mol. The second-order valence-electron chi connectivity index (χ2n) is 6.76. The van der Waals surface area contributed by atoms with E-state index in [9.17, 15) is 24.9 Å². The van der Waals surface area contributed by atoms with Crippen molar-refractivity contribution in [2.24, 2.45) is 11.8 Å². The highest BCUT2D eigenvalue weighted by molar-refractivity contribution is 5.25.